The first-order valence-corrected chi connectivity index (χ1v) is 13.7. The van der Waals surface area contributed by atoms with Gasteiger partial charge in [0.2, 0.25) is 0 Å². The maximum Gasteiger partial charge on any atom is 0.573 e. The van der Waals surface area contributed by atoms with Crippen LogP contribution in [0.4, 0.5) is 13.2 Å². The molecule has 218 valence electrons. The van der Waals surface area contributed by atoms with Crippen molar-refractivity contribution in [3.8, 4) is 28.1 Å². The van der Waals surface area contributed by atoms with Gasteiger partial charge in [-0.25, -0.2) is 9.78 Å². The van der Waals surface area contributed by atoms with Gasteiger partial charge in [-0.3, -0.25) is 0 Å². The van der Waals surface area contributed by atoms with E-state index >= 15 is 0 Å². The Labute approximate surface area is 255 Å². The summed E-state index contributed by atoms with van der Waals surface area (Å²) in [5.41, 5.74) is 5.23. The zero-order chi connectivity index (χ0) is 30.6. The molecule has 0 aliphatic heterocycles. The molecular formula is C33H23Cl2F3N2O3. The minimum Gasteiger partial charge on any atom is -0.465 e. The van der Waals surface area contributed by atoms with Crippen LogP contribution in [0.15, 0.2) is 97.2 Å². The van der Waals surface area contributed by atoms with Gasteiger partial charge in [-0.1, -0.05) is 77.8 Å². The van der Waals surface area contributed by atoms with Crippen LogP contribution in [0.1, 0.15) is 27.3 Å². The SMILES string of the molecule is COC(=O)c1cccc(-c2ccc(/C=C/c3nc(-c4ccc(Cl)cc4Cl)cn3Cc3ccc(OC(F)(F)F)cc3)cc2)c1. The molecule has 0 amide bonds. The van der Waals surface area contributed by atoms with Crippen LogP contribution in [0.3, 0.4) is 0 Å². The number of rotatable bonds is 8. The first-order valence-electron chi connectivity index (χ1n) is 12.9. The molecular weight excluding hydrogens is 600 g/mol. The van der Waals surface area contributed by atoms with Crippen molar-refractivity contribution in [2.24, 2.45) is 0 Å². The van der Waals surface area contributed by atoms with Crippen molar-refractivity contribution in [2.45, 2.75) is 12.9 Å². The van der Waals surface area contributed by atoms with Crippen molar-refractivity contribution in [3.63, 3.8) is 0 Å². The fraction of sp³-hybridized carbons (Fsp3) is 0.0909. The van der Waals surface area contributed by atoms with Gasteiger partial charge < -0.3 is 14.0 Å². The Morgan fingerprint density at radius 2 is 1.65 bits per heavy atom. The topological polar surface area (TPSA) is 53.3 Å². The molecule has 0 saturated heterocycles. The van der Waals surface area contributed by atoms with Crippen molar-refractivity contribution in [1.82, 2.24) is 9.55 Å². The number of hydrogen-bond donors (Lipinski definition) is 0. The Morgan fingerprint density at radius 1 is 0.907 bits per heavy atom. The predicted molar refractivity (Wildman–Crippen MR) is 162 cm³/mol. The van der Waals surface area contributed by atoms with Gasteiger partial charge in [0.05, 0.1) is 23.4 Å². The lowest BCUT2D eigenvalue weighted by atomic mass is 10.0. The number of halogens is 5. The molecule has 43 heavy (non-hydrogen) atoms. The van der Waals surface area contributed by atoms with Crippen LogP contribution in [-0.4, -0.2) is 29.0 Å². The summed E-state index contributed by atoms with van der Waals surface area (Å²) in [6, 6.07) is 25.8. The normalized spacial score (nSPS) is 11.6. The highest BCUT2D eigenvalue weighted by molar-refractivity contribution is 6.36. The van der Waals surface area contributed by atoms with Gasteiger partial charge in [-0.05, 0) is 70.8 Å². The van der Waals surface area contributed by atoms with Gasteiger partial charge in [-0.15, -0.1) is 13.2 Å². The summed E-state index contributed by atoms with van der Waals surface area (Å²) in [7, 11) is 1.34. The number of ether oxygens (including phenoxy) is 2. The number of esters is 1. The van der Waals surface area contributed by atoms with E-state index in [0.29, 0.717) is 39.2 Å². The number of hydrogen-bond acceptors (Lipinski definition) is 4. The second-order valence-electron chi connectivity index (χ2n) is 9.46. The number of aromatic nitrogens is 2. The summed E-state index contributed by atoms with van der Waals surface area (Å²) in [5, 5.41) is 0.933. The first-order chi connectivity index (χ1) is 20.6. The fourth-order valence-corrected chi connectivity index (χ4v) is 4.92. The number of alkyl halides is 3. The highest BCUT2D eigenvalue weighted by Gasteiger charge is 2.31. The third-order valence-corrected chi connectivity index (χ3v) is 7.02. The van der Waals surface area contributed by atoms with Gasteiger partial charge in [0.25, 0.3) is 0 Å². The quantitative estimate of drug-likeness (QED) is 0.162. The van der Waals surface area contributed by atoms with Gasteiger partial charge in [0.1, 0.15) is 11.6 Å². The summed E-state index contributed by atoms with van der Waals surface area (Å²) in [6.45, 7) is 0.333. The van der Waals surface area contributed by atoms with Gasteiger partial charge >= 0.3 is 12.3 Å². The molecule has 0 spiro atoms. The van der Waals surface area contributed by atoms with Crippen LogP contribution < -0.4 is 4.74 Å². The number of methoxy groups -OCH3 is 1. The minimum atomic E-state index is -4.76. The van der Waals surface area contributed by atoms with E-state index in [9.17, 15) is 18.0 Å². The van der Waals surface area contributed by atoms with E-state index in [4.69, 9.17) is 32.9 Å². The van der Waals surface area contributed by atoms with Crippen molar-refractivity contribution in [3.05, 3.63) is 130 Å². The minimum absolute atomic E-state index is 0.295. The maximum atomic E-state index is 12.6. The zero-order valence-corrected chi connectivity index (χ0v) is 24.1. The van der Waals surface area contributed by atoms with E-state index in [1.807, 2.05) is 53.2 Å². The van der Waals surface area contributed by atoms with Crippen LogP contribution in [-0.2, 0) is 11.3 Å². The summed E-state index contributed by atoms with van der Waals surface area (Å²) in [4.78, 5) is 16.7. The van der Waals surface area contributed by atoms with Crippen molar-refractivity contribution < 1.29 is 27.4 Å². The number of carbonyl (C=O) groups is 1. The van der Waals surface area contributed by atoms with Gasteiger partial charge in [-0.2, -0.15) is 0 Å². The average Bonchev–Trinajstić information content (AvgIpc) is 3.38. The van der Waals surface area contributed by atoms with E-state index in [0.717, 1.165) is 22.3 Å². The van der Waals surface area contributed by atoms with Crippen LogP contribution >= 0.6 is 23.2 Å². The van der Waals surface area contributed by atoms with Gasteiger partial charge in [0, 0.05) is 23.3 Å². The molecule has 1 heterocycles. The molecule has 0 aliphatic carbocycles. The van der Waals surface area contributed by atoms with Crippen molar-refractivity contribution in [1.29, 1.82) is 0 Å². The third kappa shape index (κ3) is 7.66. The molecule has 0 unspecified atom stereocenters. The first kappa shape index (κ1) is 29.9. The lowest BCUT2D eigenvalue weighted by Crippen LogP contribution is -2.17. The molecule has 0 N–H and O–H groups in total. The Bertz CT molecular complexity index is 1780. The highest BCUT2D eigenvalue weighted by atomic mass is 35.5. The number of carbonyl (C=O) groups excluding carboxylic acids is 1. The van der Waals surface area contributed by atoms with E-state index in [1.165, 1.54) is 19.2 Å². The second kappa shape index (κ2) is 12.8. The molecule has 1 aromatic heterocycles. The van der Waals surface area contributed by atoms with Gasteiger partial charge in [0.15, 0.2) is 0 Å². The molecule has 10 heteroatoms. The molecule has 0 saturated carbocycles. The predicted octanol–water partition coefficient (Wildman–Crippen LogP) is 9.43. The summed E-state index contributed by atoms with van der Waals surface area (Å²) < 4.78 is 48.4. The highest BCUT2D eigenvalue weighted by Crippen LogP contribution is 2.31. The van der Waals surface area contributed by atoms with Crippen LogP contribution in [0.2, 0.25) is 10.0 Å². The molecule has 5 rings (SSSR count). The Hall–Kier alpha value is -4.53. The number of imidazole rings is 1. The molecule has 0 radical (unpaired) electrons. The van der Waals surface area contributed by atoms with Crippen molar-refractivity contribution in [2.75, 3.05) is 7.11 Å². The summed E-state index contributed by atoms with van der Waals surface area (Å²) >= 11 is 12.5. The monoisotopic (exact) mass is 622 g/mol. The third-order valence-electron chi connectivity index (χ3n) is 6.48. The molecule has 0 aliphatic rings. The number of benzene rings is 4. The molecule has 5 nitrogen and oxygen atoms in total. The van der Waals surface area contributed by atoms with E-state index in [-0.39, 0.29) is 5.75 Å². The van der Waals surface area contributed by atoms with Crippen LogP contribution in [0.25, 0.3) is 34.5 Å². The van der Waals surface area contributed by atoms with E-state index in [2.05, 4.69) is 4.74 Å². The average molecular weight is 623 g/mol. The molecule has 5 aromatic rings. The molecule has 0 bridgehead atoms. The fourth-order valence-electron chi connectivity index (χ4n) is 4.41. The zero-order valence-electron chi connectivity index (χ0n) is 22.6. The van der Waals surface area contributed by atoms with E-state index in [1.54, 1.807) is 48.5 Å². The maximum absolute atomic E-state index is 12.6. The second-order valence-corrected chi connectivity index (χ2v) is 10.3. The summed E-state index contributed by atoms with van der Waals surface area (Å²) in [5.74, 6) is -0.0932. The Morgan fingerprint density at radius 3 is 2.33 bits per heavy atom. The standard InChI is InChI=1S/C33H23Cl2F3N2O3/c1-42-32(41)25-4-2-3-24(17-25)23-10-5-21(6-11-23)9-16-31-39-30(28-15-12-26(34)18-29(28)35)20-40(31)19-22-7-13-27(14-8-22)43-33(36,37)38/h2-18,20H,19H2,1H3/b16-9+. The Balaban J connectivity index is 1.42. The summed E-state index contributed by atoms with van der Waals surface area (Å²) in [6.07, 6.45) is 0.816. The molecule has 0 fully saturated rings. The Kier molecular flexibility index (Phi) is 8.89. The van der Waals surface area contributed by atoms with Crippen molar-refractivity contribution >= 4 is 41.3 Å². The van der Waals surface area contributed by atoms with E-state index < -0.39 is 12.3 Å². The van der Waals surface area contributed by atoms with Crippen LogP contribution in [0, 0.1) is 0 Å². The molecule has 0 atom stereocenters. The van der Waals surface area contributed by atoms with Crippen LogP contribution in [0.5, 0.6) is 5.75 Å². The molecule has 4 aromatic carbocycles. The lowest BCUT2D eigenvalue weighted by molar-refractivity contribution is -0.274. The largest absolute Gasteiger partial charge is 0.573 e. The lowest BCUT2D eigenvalue weighted by Gasteiger charge is -2.10. The number of nitrogens with zero attached hydrogens (tertiary/aromatic N) is 2. The smallest absolute Gasteiger partial charge is 0.465 e.